The number of fused-ring (bicyclic) bond motifs is 1. The van der Waals surface area contributed by atoms with Crippen LogP contribution in [-0.4, -0.2) is 24.2 Å². The minimum Gasteiger partial charge on any atom is -0.324 e. The van der Waals surface area contributed by atoms with Gasteiger partial charge in [0.05, 0.1) is 10.4 Å². The fraction of sp³-hybridized carbons (Fsp3) is 0.222. The molecule has 0 unspecified atom stereocenters. The molecule has 0 atom stereocenters. The van der Waals surface area contributed by atoms with Crippen molar-refractivity contribution < 1.29 is 8.42 Å². The first-order valence-electron chi connectivity index (χ1n) is 4.03. The third-order valence-corrected chi connectivity index (χ3v) is 3.18. The van der Waals surface area contributed by atoms with Gasteiger partial charge in [0.2, 0.25) is 0 Å². The first kappa shape index (κ1) is 9.21. The second kappa shape index (κ2) is 2.81. The Balaban J connectivity index is 2.92. The van der Waals surface area contributed by atoms with Crippen molar-refractivity contribution >= 4 is 20.9 Å². The Bertz CT molecular complexity index is 584. The second-order valence-corrected chi connectivity index (χ2v) is 5.15. The molecule has 0 amide bonds. The number of imidazole rings is 1. The molecule has 14 heavy (non-hydrogen) atoms. The molecule has 0 aliphatic carbocycles. The van der Waals surface area contributed by atoms with Crippen LogP contribution in [0.5, 0.6) is 0 Å². The third-order valence-electron chi connectivity index (χ3n) is 2.05. The lowest BCUT2D eigenvalue weighted by Crippen LogP contribution is -1.98. The van der Waals surface area contributed by atoms with E-state index >= 15 is 0 Å². The smallest absolute Gasteiger partial charge is 0.177 e. The van der Waals surface area contributed by atoms with Gasteiger partial charge in [-0.1, -0.05) is 6.07 Å². The number of para-hydroxylation sites is 1. The van der Waals surface area contributed by atoms with E-state index in [2.05, 4.69) is 11.3 Å². The summed E-state index contributed by atoms with van der Waals surface area (Å²) in [6.07, 6.45) is 3.87. The van der Waals surface area contributed by atoms with Crippen LogP contribution in [0.15, 0.2) is 23.1 Å². The highest BCUT2D eigenvalue weighted by molar-refractivity contribution is 7.91. The van der Waals surface area contributed by atoms with Gasteiger partial charge in [0.15, 0.2) is 16.2 Å². The van der Waals surface area contributed by atoms with Gasteiger partial charge in [-0.3, -0.25) is 0 Å². The van der Waals surface area contributed by atoms with Gasteiger partial charge in [-0.2, -0.15) is 0 Å². The first-order valence-corrected chi connectivity index (χ1v) is 5.92. The zero-order valence-corrected chi connectivity index (χ0v) is 8.67. The lowest BCUT2D eigenvalue weighted by Gasteiger charge is -1.99. The molecule has 1 aromatic carbocycles. The van der Waals surface area contributed by atoms with Crippen LogP contribution in [0.4, 0.5) is 0 Å². The largest absolute Gasteiger partial charge is 0.324 e. The van der Waals surface area contributed by atoms with Gasteiger partial charge < -0.3 is 4.57 Å². The molecule has 1 aromatic heterocycles. The summed E-state index contributed by atoms with van der Waals surface area (Å²) < 4.78 is 24.5. The van der Waals surface area contributed by atoms with E-state index in [1.165, 1.54) is 6.26 Å². The number of hydrogen-bond acceptors (Lipinski definition) is 3. The first-order chi connectivity index (χ1) is 6.50. The van der Waals surface area contributed by atoms with E-state index in [0.717, 1.165) is 5.52 Å². The summed E-state index contributed by atoms with van der Waals surface area (Å²) in [6, 6.07) is 5.07. The van der Waals surface area contributed by atoms with E-state index < -0.39 is 9.84 Å². The zero-order chi connectivity index (χ0) is 10.3. The third kappa shape index (κ3) is 1.29. The minimum atomic E-state index is -3.21. The van der Waals surface area contributed by atoms with Gasteiger partial charge in [-0.25, -0.2) is 13.4 Å². The number of rotatable bonds is 1. The fourth-order valence-electron chi connectivity index (χ4n) is 1.37. The Morgan fingerprint density at radius 3 is 2.79 bits per heavy atom. The summed E-state index contributed by atoms with van der Waals surface area (Å²) >= 11 is 0. The van der Waals surface area contributed by atoms with Gasteiger partial charge in [0.1, 0.15) is 5.52 Å². The molecule has 2 rings (SSSR count). The summed E-state index contributed by atoms with van der Waals surface area (Å²) in [5, 5.41) is 0. The highest BCUT2D eigenvalue weighted by Gasteiger charge is 2.13. The molecule has 0 saturated carbocycles. The van der Waals surface area contributed by atoms with Gasteiger partial charge in [0, 0.05) is 13.3 Å². The van der Waals surface area contributed by atoms with Crippen LogP contribution in [0.25, 0.3) is 11.0 Å². The number of nitrogens with zero attached hydrogens (tertiary/aromatic N) is 2. The van der Waals surface area contributed by atoms with E-state index in [0.29, 0.717) is 5.52 Å². The van der Waals surface area contributed by atoms with Crippen LogP contribution in [0, 0.1) is 6.33 Å². The van der Waals surface area contributed by atoms with Crippen LogP contribution < -0.4 is 0 Å². The molecule has 0 bridgehead atoms. The molecule has 4 nitrogen and oxygen atoms in total. The van der Waals surface area contributed by atoms with Gasteiger partial charge >= 0.3 is 0 Å². The molecule has 1 heterocycles. The average Bonchev–Trinajstić information content (AvgIpc) is 2.46. The Labute approximate surface area is 82.1 Å². The number of benzene rings is 1. The average molecular weight is 209 g/mol. The maximum absolute atomic E-state index is 11.4. The topological polar surface area (TPSA) is 52.0 Å². The molecular formula is C9H9N2O2S. The van der Waals surface area contributed by atoms with Crippen molar-refractivity contribution in [3.8, 4) is 0 Å². The molecule has 2 aromatic rings. The second-order valence-electron chi connectivity index (χ2n) is 3.17. The highest BCUT2D eigenvalue weighted by Crippen LogP contribution is 2.20. The summed E-state index contributed by atoms with van der Waals surface area (Å²) in [5.41, 5.74) is 1.26. The summed E-state index contributed by atoms with van der Waals surface area (Å²) in [7, 11) is -1.43. The summed E-state index contributed by atoms with van der Waals surface area (Å²) in [4.78, 5) is 4.20. The molecule has 0 saturated heterocycles. The standard InChI is InChI=1S/C9H9N2O2S/c1-11-6-10-9-7(11)4-3-5-8(9)14(2,12)13/h3-5H,1-2H3. The molecule has 0 spiro atoms. The van der Waals surface area contributed by atoms with E-state index in [1.807, 2.05) is 6.07 Å². The quantitative estimate of drug-likeness (QED) is 0.697. The van der Waals surface area contributed by atoms with Crippen molar-refractivity contribution in [2.75, 3.05) is 6.26 Å². The van der Waals surface area contributed by atoms with E-state index in [4.69, 9.17) is 0 Å². The predicted octanol–water partition coefficient (Wildman–Crippen LogP) is 0.777. The van der Waals surface area contributed by atoms with Crippen LogP contribution in [0.1, 0.15) is 0 Å². The Hall–Kier alpha value is -1.36. The SMILES string of the molecule is Cn1[c]nc2c(S(C)(=O)=O)cccc21. The molecular weight excluding hydrogens is 200 g/mol. The molecule has 0 aliphatic heterocycles. The summed E-state index contributed by atoms with van der Waals surface area (Å²) in [5.74, 6) is 0. The van der Waals surface area contributed by atoms with E-state index in [9.17, 15) is 8.42 Å². The van der Waals surface area contributed by atoms with Gasteiger partial charge in [-0.05, 0) is 12.1 Å². The Kier molecular flexibility index (Phi) is 1.85. The molecule has 1 radical (unpaired) electrons. The Morgan fingerprint density at radius 1 is 1.43 bits per heavy atom. The number of hydrogen-bond donors (Lipinski definition) is 0. The predicted molar refractivity (Wildman–Crippen MR) is 52.7 cm³/mol. The van der Waals surface area contributed by atoms with Crippen molar-refractivity contribution in [2.45, 2.75) is 4.90 Å². The molecule has 0 aliphatic rings. The normalized spacial score (nSPS) is 12.1. The maximum Gasteiger partial charge on any atom is 0.177 e. The van der Waals surface area contributed by atoms with Gasteiger partial charge in [0.25, 0.3) is 0 Å². The van der Waals surface area contributed by atoms with Crippen LogP contribution >= 0.6 is 0 Å². The van der Waals surface area contributed by atoms with Crippen molar-refractivity contribution in [3.63, 3.8) is 0 Å². The molecule has 73 valence electrons. The van der Waals surface area contributed by atoms with Crippen LogP contribution in [0.3, 0.4) is 0 Å². The summed E-state index contributed by atoms with van der Waals surface area (Å²) in [6.45, 7) is 0. The number of aromatic nitrogens is 2. The maximum atomic E-state index is 11.4. The lowest BCUT2D eigenvalue weighted by atomic mass is 10.3. The van der Waals surface area contributed by atoms with Crippen LogP contribution in [0.2, 0.25) is 0 Å². The van der Waals surface area contributed by atoms with Crippen molar-refractivity contribution in [2.24, 2.45) is 7.05 Å². The highest BCUT2D eigenvalue weighted by atomic mass is 32.2. The number of sulfone groups is 1. The van der Waals surface area contributed by atoms with E-state index in [-0.39, 0.29) is 4.90 Å². The van der Waals surface area contributed by atoms with E-state index in [1.54, 1.807) is 23.7 Å². The molecule has 0 N–H and O–H groups in total. The fourth-order valence-corrected chi connectivity index (χ4v) is 2.20. The monoisotopic (exact) mass is 209 g/mol. The molecule has 5 heteroatoms. The Morgan fingerprint density at radius 2 is 2.14 bits per heavy atom. The zero-order valence-electron chi connectivity index (χ0n) is 7.85. The minimum absolute atomic E-state index is 0.256. The molecule has 0 fully saturated rings. The van der Waals surface area contributed by atoms with Gasteiger partial charge in [-0.15, -0.1) is 0 Å². The lowest BCUT2D eigenvalue weighted by molar-refractivity contribution is 0.602. The van der Waals surface area contributed by atoms with Crippen LogP contribution in [-0.2, 0) is 16.9 Å². The van der Waals surface area contributed by atoms with Crippen molar-refractivity contribution in [1.29, 1.82) is 0 Å². The van der Waals surface area contributed by atoms with Crippen molar-refractivity contribution in [3.05, 3.63) is 24.5 Å². The number of aryl methyl sites for hydroxylation is 1. The van der Waals surface area contributed by atoms with Crippen molar-refractivity contribution in [1.82, 2.24) is 9.55 Å².